The Labute approximate surface area is 116 Å². The lowest BCUT2D eigenvalue weighted by Crippen LogP contribution is -2.09. The Morgan fingerprint density at radius 2 is 2.06 bits per heavy atom. The number of aromatic nitrogens is 2. The van der Waals surface area contributed by atoms with Gasteiger partial charge in [0.2, 0.25) is 0 Å². The van der Waals surface area contributed by atoms with Crippen molar-refractivity contribution in [2.24, 2.45) is 0 Å². The van der Waals surface area contributed by atoms with Crippen LogP contribution in [0.15, 0.2) is 41.3 Å². The van der Waals surface area contributed by atoms with Crippen LogP contribution in [0.1, 0.15) is 30.7 Å². The van der Waals surface area contributed by atoms with Crippen LogP contribution in [0.3, 0.4) is 0 Å². The average Bonchev–Trinajstić information content (AvgIpc) is 2.81. The molecule has 3 nitrogen and oxygen atoms in total. The van der Waals surface area contributed by atoms with Crippen molar-refractivity contribution in [3.63, 3.8) is 0 Å². The van der Waals surface area contributed by atoms with Crippen LogP contribution in [0.4, 0.5) is 0 Å². The first-order valence-corrected chi connectivity index (χ1v) is 6.92. The molecule has 1 unspecified atom stereocenters. The smallest absolute Gasteiger partial charge is 0.0995 e. The zero-order valence-electron chi connectivity index (χ0n) is 10.4. The molecule has 0 aliphatic carbocycles. The molecule has 0 bridgehead atoms. The molecular formula is C14H17BrN2O. The maximum Gasteiger partial charge on any atom is 0.0995 e. The van der Waals surface area contributed by atoms with Crippen LogP contribution < -0.4 is 0 Å². The van der Waals surface area contributed by atoms with Gasteiger partial charge in [-0.3, -0.25) is 0 Å². The maximum atomic E-state index is 10.3. The third kappa shape index (κ3) is 3.21. The van der Waals surface area contributed by atoms with E-state index < -0.39 is 6.10 Å². The Kier molecular flexibility index (Phi) is 4.55. The average molecular weight is 309 g/mol. The van der Waals surface area contributed by atoms with Gasteiger partial charge in [-0.05, 0) is 24.1 Å². The second-order valence-electron chi connectivity index (χ2n) is 4.36. The minimum Gasteiger partial charge on any atom is -0.386 e. The number of aryl methyl sites for hydroxylation is 1. The van der Waals surface area contributed by atoms with Gasteiger partial charge in [0.25, 0.3) is 0 Å². The molecule has 0 saturated carbocycles. The molecule has 4 heteroatoms. The molecule has 2 rings (SSSR count). The molecule has 0 amide bonds. The monoisotopic (exact) mass is 308 g/mol. The summed E-state index contributed by atoms with van der Waals surface area (Å²) in [5, 5.41) is 10.3. The summed E-state index contributed by atoms with van der Waals surface area (Å²) in [6.45, 7) is 3.01. The zero-order valence-corrected chi connectivity index (χ0v) is 12.0. The fourth-order valence-electron chi connectivity index (χ4n) is 1.98. The first kappa shape index (κ1) is 13.3. The highest BCUT2D eigenvalue weighted by atomic mass is 79.9. The molecule has 1 heterocycles. The first-order chi connectivity index (χ1) is 8.70. The predicted molar refractivity (Wildman–Crippen MR) is 75.3 cm³/mol. The van der Waals surface area contributed by atoms with Crippen molar-refractivity contribution < 1.29 is 5.11 Å². The molecule has 96 valence electrons. The summed E-state index contributed by atoms with van der Waals surface area (Å²) >= 11 is 3.41. The van der Waals surface area contributed by atoms with Gasteiger partial charge in [0.1, 0.15) is 0 Å². The lowest BCUT2D eigenvalue weighted by molar-refractivity contribution is 0.168. The SMILES string of the molecule is CCCn1cncc1C(O)Cc1ccc(Br)cc1. The number of hydrogen-bond donors (Lipinski definition) is 1. The molecule has 1 aromatic carbocycles. The van der Waals surface area contributed by atoms with E-state index in [-0.39, 0.29) is 0 Å². The largest absolute Gasteiger partial charge is 0.386 e. The quantitative estimate of drug-likeness (QED) is 0.920. The lowest BCUT2D eigenvalue weighted by Gasteiger charge is -2.13. The number of halogens is 1. The van der Waals surface area contributed by atoms with Gasteiger partial charge in [-0.1, -0.05) is 35.0 Å². The topological polar surface area (TPSA) is 38.0 Å². The van der Waals surface area contributed by atoms with Crippen LogP contribution in [-0.4, -0.2) is 14.7 Å². The molecule has 0 saturated heterocycles. The van der Waals surface area contributed by atoms with Crippen LogP contribution in [0.25, 0.3) is 0 Å². The van der Waals surface area contributed by atoms with Crippen molar-refractivity contribution in [1.82, 2.24) is 9.55 Å². The predicted octanol–water partition coefficient (Wildman–Crippen LogP) is 3.33. The van der Waals surface area contributed by atoms with Crippen molar-refractivity contribution >= 4 is 15.9 Å². The molecular weight excluding hydrogens is 292 g/mol. The molecule has 1 aromatic heterocycles. The standard InChI is InChI=1S/C14H17BrN2O/c1-2-7-17-10-16-9-13(17)14(18)8-11-3-5-12(15)6-4-11/h3-6,9-10,14,18H,2,7-8H2,1H3. The van der Waals surface area contributed by atoms with Gasteiger partial charge in [-0.2, -0.15) is 0 Å². The summed E-state index contributed by atoms with van der Waals surface area (Å²) in [5.74, 6) is 0. The molecule has 18 heavy (non-hydrogen) atoms. The molecule has 2 aromatic rings. The second-order valence-corrected chi connectivity index (χ2v) is 5.27. The Morgan fingerprint density at radius 3 is 2.72 bits per heavy atom. The van der Waals surface area contributed by atoms with Crippen molar-refractivity contribution in [2.45, 2.75) is 32.4 Å². The fraction of sp³-hybridized carbons (Fsp3) is 0.357. The number of hydrogen-bond acceptors (Lipinski definition) is 2. The molecule has 1 N–H and O–H groups in total. The number of nitrogens with zero attached hydrogens (tertiary/aromatic N) is 2. The summed E-state index contributed by atoms with van der Waals surface area (Å²) in [7, 11) is 0. The van der Waals surface area contributed by atoms with Crippen LogP contribution in [0, 0.1) is 0 Å². The molecule has 0 radical (unpaired) electrons. The van der Waals surface area contributed by atoms with E-state index in [9.17, 15) is 5.11 Å². The lowest BCUT2D eigenvalue weighted by atomic mass is 10.1. The second kappa shape index (κ2) is 6.16. The minimum absolute atomic E-state index is 0.500. The van der Waals surface area contributed by atoms with E-state index in [1.165, 1.54) is 0 Å². The van der Waals surface area contributed by atoms with Crippen LogP contribution in [-0.2, 0) is 13.0 Å². The van der Waals surface area contributed by atoms with Crippen molar-refractivity contribution in [1.29, 1.82) is 0 Å². The molecule has 0 aliphatic heterocycles. The van der Waals surface area contributed by atoms with E-state index in [1.807, 2.05) is 28.8 Å². The Morgan fingerprint density at radius 1 is 1.33 bits per heavy atom. The fourth-order valence-corrected chi connectivity index (χ4v) is 2.25. The third-order valence-corrected chi connectivity index (χ3v) is 3.42. The van der Waals surface area contributed by atoms with E-state index >= 15 is 0 Å². The van der Waals surface area contributed by atoms with Gasteiger partial charge >= 0.3 is 0 Å². The highest BCUT2D eigenvalue weighted by molar-refractivity contribution is 9.10. The van der Waals surface area contributed by atoms with Crippen LogP contribution in [0.5, 0.6) is 0 Å². The van der Waals surface area contributed by atoms with E-state index in [4.69, 9.17) is 0 Å². The van der Waals surface area contributed by atoms with Crippen molar-refractivity contribution in [3.8, 4) is 0 Å². The molecule has 0 fully saturated rings. The molecule has 0 spiro atoms. The van der Waals surface area contributed by atoms with Gasteiger partial charge in [-0.25, -0.2) is 4.98 Å². The van der Waals surface area contributed by atoms with Gasteiger partial charge in [0.05, 0.1) is 24.3 Å². The normalized spacial score (nSPS) is 12.6. The minimum atomic E-state index is -0.500. The van der Waals surface area contributed by atoms with Crippen LogP contribution >= 0.6 is 15.9 Å². The van der Waals surface area contributed by atoms with Crippen molar-refractivity contribution in [3.05, 3.63) is 52.5 Å². The van der Waals surface area contributed by atoms with Crippen molar-refractivity contribution in [2.75, 3.05) is 0 Å². The summed E-state index contributed by atoms with van der Waals surface area (Å²) in [4.78, 5) is 4.11. The maximum absolute atomic E-state index is 10.3. The Balaban J connectivity index is 2.09. The van der Waals surface area contributed by atoms with E-state index in [0.717, 1.165) is 28.7 Å². The Hall–Kier alpha value is -1.13. The molecule has 1 atom stereocenters. The van der Waals surface area contributed by atoms with E-state index in [2.05, 4.69) is 27.8 Å². The van der Waals surface area contributed by atoms with E-state index in [1.54, 1.807) is 12.5 Å². The van der Waals surface area contributed by atoms with Gasteiger partial charge in [-0.15, -0.1) is 0 Å². The van der Waals surface area contributed by atoms with Gasteiger partial charge in [0, 0.05) is 17.4 Å². The number of benzene rings is 1. The van der Waals surface area contributed by atoms with Gasteiger partial charge in [0.15, 0.2) is 0 Å². The summed E-state index contributed by atoms with van der Waals surface area (Å²) in [6.07, 6.45) is 4.68. The first-order valence-electron chi connectivity index (χ1n) is 6.13. The third-order valence-electron chi connectivity index (χ3n) is 2.89. The van der Waals surface area contributed by atoms with E-state index in [0.29, 0.717) is 6.42 Å². The summed E-state index contributed by atoms with van der Waals surface area (Å²) < 4.78 is 3.07. The highest BCUT2D eigenvalue weighted by Gasteiger charge is 2.13. The Bertz CT molecular complexity index is 493. The number of imidazole rings is 1. The van der Waals surface area contributed by atoms with Crippen LogP contribution in [0.2, 0.25) is 0 Å². The number of aliphatic hydroxyl groups excluding tert-OH is 1. The number of aliphatic hydroxyl groups is 1. The summed E-state index contributed by atoms with van der Waals surface area (Å²) in [5.41, 5.74) is 2.01. The summed E-state index contributed by atoms with van der Waals surface area (Å²) in [6, 6.07) is 8.03. The molecule has 0 aliphatic rings. The van der Waals surface area contributed by atoms with Gasteiger partial charge < -0.3 is 9.67 Å². The highest BCUT2D eigenvalue weighted by Crippen LogP contribution is 2.19. The number of rotatable bonds is 5. The zero-order chi connectivity index (χ0) is 13.0.